The summed E-state index contributed by atoms with van der Waals surface area (Å²) in [5.74, 6) is 0. The molecule has 0 aromatic carbocycles. The molecule has 0 radical (unpaired) electrons. The second-order valence-electron chi connectivity index (χ2n) is 7.23. The van der Waals surface area contributed by atoms with Gasteiger partial charge in [-0.25, -0.2) is 0 Å². The molecule has 1 heterocycles. The SMILES string of the molecule is COC1CCN(C(C)(C)CCOCCOC(C)(C)C)C1. The summed E-state index contributed by atoms with van der Waals surface area (Å²) in [5.41, 5.74) is 0.103. The Kier molecular flexibility index (Phi) is 6.92. The van der Waals surface area contributed by atoms with Crippen LogP contribution in [0.1, 0.15) is 47.5 Å². The molecule has 0 aliphatic carbocycles. The van der Waals surface area contributed by atoms with Crippen molar-refractivity contribution in [1.82, 2.24) is 4.90 Å². The van der Waals surface area contributed by atoms with Gasteiger partial charge in [0.2, 0.25) is 0 Å². The maximum Gasteiger partial charge on any atom is 0.0710 e. The number of rotatable bonds is 8. The molecule has 1 saturated heterocycles. The van der Waals surface area contributed by atoms with Crippen LogP contribution in [-0.4, -0.2) is 62.2 Å². The molecule has 1 unspecified atom stereocenters. The lowest BCUT2D eigenvalue weighted by Gasteiger charge is -2.35. The van der Waals surface area contributed by atoms with Gasteiger partial charge in [0.25, 0.3) is 0 Å². The molecule has 20 heavy (non-hydrogen) atoms. The van der Waals surface area contributed by atoms with Crippen LogP contribution in [-0.2, 0) is 14.2 Å². The Morgan fingerprint density at radius 1 is 1.05 bits per heavy atom. The summed E-state index contributed by atoms with van der Waals surface area (Å²) in [6.07, 6.45) is 2.58. The lowest BCUT2D eigenvalue weighted by atomic mass is 9.99. The van der Waals surface area contributed by atoms with Crippen LogP contribution < -0.4 is 0 Å². The highest BCUT2D eigenvalue weighted by molar-refractivity contribution is 4.88. The van der Waals surface area contributed by atoms with Gasteiger partial charge >= 0.3 is 0 Å². The summed E-state index contributed by atoms with van der Waals surface area (Å²) in [5, 5.41) is 0. The van der Waals surface area contributed by atoms with Crippen LogP contribution >= 0.6 is 0 Å². The second kappa shape index (κ2) is 7.74. The molecule has 4 nitrogen and oxygen atoms in total. The highest BCUT2D eigenvalue weighted by Crippen LogP contribution is 2.25. The summed E-state index contributed by atoms with van der Waals surface area (Å²) < 4.78 is 16.8. The number of likely N-dealkylation sites (tertiary alicyclic amines) is 1. The molecule has 0 aromatic heterocycles. The minimum Gasteiger partial charge on any atom is -0.380 e. The second-order valence-corrected chi connectivity index (χ2v) is 7.23. The first kappa shape index (κ1) is 17.9. The van der Waals surface area contributed by atoms with Crippen LogP contribution in [0.3, 0.4) is 0 Å². The molecule has 1 aliphatic heterocycles. The van der Waals surface area contributed by atoms with Crippen LogP contribution in [0, 0.1) is 0 Å². The molecule has 1 fully saturated rings. The molecule has 0 bridgehead atoms. The number of ether oxygens (including phenoxy) is 3. The van der Waals surface area contributed by atoms with Gasteiger partial charge in [0.15, 0.2) is 0 Å². The van der Waals surface area contributed by atoms with Crippen molar-refractivity contribution in [3.05, 3.63) is 0 Å². The van der Waals surface area contributed by atoms with Gasteiger partial charge in [-0.2, -0.15) is 0 Å². The Bertz CT molecular complexity index is 273. The van der Waals surface area contributed by atoms with E-state index in [1.165, 1.54) is 0 Å². The number of methoxy groups -OCH3 is 1. The topological polar surface area (TPSA) is 30.9 Å². The molecule has 120 valence electrons. The van der Waals surface area contributed by atoms with E-state index in [2.05, 4.69) is 39.5 Å². The van der Waals surface area contributed by atoms with Gasteiger partial charge in [-0.3, -0.25) is 4.90 Å². The van der Waals surface area contributed by atoms with Gasteiger partial charge < -0.3 is 14.2 Å². The normalized spacial score (nSPS) is 21.6. The molecular formula is C16H33NO3. The monoisotopic (exact) mass is 287 g/mol. The fraction of sp³-hybridized carbons (Fsp3) is 1.00. The van der Waals surface area contributed by atoms with Crippen LogP contribution in [0.25, 0.3) is 0 Å². The molecule has 1 rings (SSSR count). The Morgan fingerprint density at radius 2 is 1.75 bits per heavy atom. The van der Waals surface area contributed by atoms with Crippen molar-refractivity contribution >= 4 is 0 Å². The quantitative estimate of drug-likeness (QED) is 0.642. The highest BCUT2D eigenvalue weighted by Gasteiger charge is 2.33. The average molecular weight is 287 g/mol. The van der Waals surface area contributed by atoms with Gasteiger partial charge in [-0.15, -0.1) is 0 Å². The van der Waals surface area contributed by atoms with E-state index in [0.717, 1.165) is 32.5 Å². The van der Waals surface area contributed by atoms with E-state index in [1.807, 2.05) is 0 Å². The maximum absolute atomic E-state index is 5.69. The standard InChI is InChI=1S/C16H33NO3/c1-15(2,3)20-12-11-19-10-8-16(4,5)17-9-7-14(13-17)18-6/h14H,7-13H2,1-6H3. The van der Waals surface area contributed by atoms with Crippen LogP contribution in [0.4, 0.5) is 0 Å². The minimum atomic E-state index is -0.0760. The zero-order valence-corrected chi connectivity index (χ0v) is 14.2. The van der Waals surface area contributed by atoms with Crippen molar-refractivity contribution in [3.8, 4) is 0 Å². The summed E-state index contributed by atoms with van der Waals surface area (Å²) in [7, 11) is 1.81. The van der Waals surface area contributed by atoms with Crippen LogP contribution in [0.5, 0.6) is 0 Å². The van der Waals surface area contributed by atoms with Gasteiger partial charge in [-0.05, 0) is 47.5 Å². The first-order chi connectivity index (χ1) is 9.24. The molecule has 1 aliphatic rings. The molecule has 1 atom stereocenters. The van der Waals surface area contributed by atoms with Crippen molar-refractivity contribution in [2.75, 3.05) is 40.0 Å². The van der Waals surface area contributed by atoms with E-state index in [4.69, 9.17) is 14.2 Å². The lowest BCUT2D eigenvalue weighted by Crippen LogP contribution is -2.43. The first-order valence-corrected chi connectivity index (χ1v) is 7.74. The number of hydrogen-bond acceptors (Lipinski definition) is 4. The average Bonchev–Trinajstić information content (AvgIpc) is 2.81. The predicted molar refractivity (Wildman–Crippen MR) is 82.2 cm³/mol. The lowest BCUT2D eigenvalue weighted by molar-refractivity contribution is -0.0392. The van der Waals surface area contributed by atoms with Gasteiger partial charge in [0, 0.05) is 32.3 Å². The fourth-order valence-electron chi connectivity index (χ4n) is 2.46. The van der Waals surface area contributed by atoms with Crippen LogP contribution in [0.15, 0.2) is 0 Å². The van der Waals surface area contributed by atoms with Crippen molar-refractivity contribution in [2.24, 2.45) is 0 Å². The minimum absolute atomic E-state index is 0.0760. The van der Waals surface area contributed by atoms with Gasteiger partial charge in [-0.1, -0.05) is 0 Å². The van der Waals surface area contributed by atoms with Crippen LogP contribution in [0.2, 0.25) is 0 Å². The van der Waals surface area contributed by atoms with Crippen molar-refractivity contribution in [3.63, 3.8) is 0 Å². The van der Waals surface area contributed by atoms with E-state index < -0.39 is 0 Å². The Labute approximate surface area is 124 Å². The summed E-state index contributed by atoms with van der Waals surface area (Å²) >= 11 is 0. The molecule has 0 saturated carbocycles. The molecule has 0 amide bonds. The van der Waals surface area contributed by atoms with Crippen molar-refractivity contribution in [2.45, 2.75) is 64.7 Å². The Morgan fingerprint density at radius 3 is 2.30 bits per heavy atom. The number of nitrogens with zero attached hydrogens (tertiary/aromatic N) is 1. The van der Waals surface area contributed by atoms with E-state index >= 15 is 0 Å². The van der Waals surface area contributed by atoms with Crippen molar-refractivity contribution < 1.29 is 14.2 Å². The molecule has 0 N–H and O–H groups in total. The van der Waals surface area contributed by atoms with E-state index in [9.17, 15) is 0 Å². The Hall–Kier alpha value is -0.160. The fourth-order valence-corrected chi connectivity index (χ4v) is 2.46. The third-order valence-electron chi connectivity index (χ3n) is 3.96. The first-order valence-electron chi connectivity index (χ1n) is 7.74. The largest absolute Gasteiger partial charge is 0.380 e. The molecule has 4 heteroatoms. The Balaban J connectivity index is 2.14. The highest BCUT2D eigenvalue weighted by atomic mass is 16.5. The van der Waals surface area contributed by atoms with Crippen molar-refractivity contribution in [1.29, 1.82) is 0 Å². The molecular weight excluding hydrogens is 254 g/mol. The molecule has 0 spiro atoms. The van der Waals surface area contributed by atoms with Gasteiger partial charge in [0.1, 0.15) is 0 Å². The maximum atomic E-state index is 5.69. The predicted octanol–water partition coefficient (Wildman–Crippen LogP) is 2.71. The zero-order chi connectivity index (χ0) is 15.2. The van der Waals surface area contributed by atoms with E-state index in [-0.39, 0.29) is 11.1 Å². The molecule has 0 aromatic rings. The zero-order valence-electron chi connectivity index (χ0n) is 14.2. The van der Waals surface area contributed by atoms with E-state index in [1.54, 1.807) is 7.11 Å². The third-order valence-corrected chi connectivity index (χ3v) is 3.96. The summed E-state index contributed by atoms with van der Waals surface area (Å²) in [6, 6.07) is 0. The number of hydrogen-bond donors (Lipinski definition) is 0. The summed E-state index contributed by atoms with van der Waals surface area (Å²) in [6.45, 7) is 15.1. The third kappa shape index (κ3) is 6.53. The smallest absolute Gasteiger partial charge is 0.0710 e. The van der Waals surface area contributed by atoms with E-state index in [0.29, 0.717) is 19.3 Å². The summed E-state index contributed by atoms with van der Waals surface area (Å²) in [4.78, 5) is 2.51. The van der Waals surface area contributed by atoms with Gasteiger partial charge in [0.05, 0.1) is 24.9 Å².